The fourth-order valence-corrected chi connectivity index (χ4v) is 2.68. The zero-order chi connectivity index (χ0) is 15.3. The van der Waals surface area contributed by atoms with Crippen LogP contribution in [0.25, 0.3) is 0 Å². The molecule has 1 amide bonds. The molecule has 0 spiro atoms. The van der Waals surface area contributed by atoms with Crippen LogP contribution >= 0.6 is 0 Å². The second-order valence-electron chi connectivity index (χ2n) is 7.07. The van der Waals surface area contributed by atoms with Crippen LogP contribution in [0.4, 0.5) is 0 Å². The number of ether oxygens (including phenoxy) is 1. The first kappa shape index (κ1) is 17.4. The Morgan fingerprint density at radius 3 is 2.60 bits per heavy atom. The molecule has 0 aromatic heterocycles. The van der Waals surface area contributed by atoms with E-state index in [0.717, 1.165) is 32.3 Å². The molecule has 1 saturated carbocycles. The lowest BCUT2D eigenvalue weighted by molar-refractivity contribution is -0.139. The molecule has 0 bridgehead atoms. The van der Waals surface area contributed by atoms with Crippen molar-refractivity contribution in [1.29, 1.82) is 0 Å². The van der Waals surface area contributed by atoms with Gasteiger partial charge < -0.3 is 15.8 Å². The summed E-state index contributed by atoms with van der Waals surface area (Å²) < 4.78 is 5.89. The van der Waals surface area contributed by atoms with E-state index in [2.05, 4.69) is 39.9 Å². The number of amides is 1. The van der Waals surface area contributed by atoms with Gasteiger partial charge in [-0.15, -0.1) is 0 Å². The maximum atomic E-state index is 12.1. The predicted molar refractivity (Wildman–Crippen MR) is 82.4 cm³/mol. The highest BCUT2D eigenvalue weighted by atomic mass is 16.5. The van der Waals surface area contributed by atoms with Crippen molar-refractivity contribution in [3.63, 3.8) is 0 Å². The predicted octanol–water partition coefficient (Wildman–Crippen LogP) is 2.46. The van der Waals surface area contributed by atoms with E-state index in [0.29, 0.717) is 5.92 Å². The van der Waals surface area contributed by atoms with Gasteiger partial charge in [0, 0.05) is 18.1 Å². The molecule has 0 radical (unpaired) electrons. The monoisotopic (exact) mass is 284 g/mol. The van der Waals surface area contributed by atoms with Gasteiger partial charge in [0.25, 0.3) is 0 Å². The smallest absolute Gasteiger partial charge is 0.237 e. The summed E-state index contributed by atoms with van der Waals surface area (Å²) in [4.78, 5) is 12.1. The Bertz CT molecular complexity index is 316. The third-order valence-electron chi connectivity index (χ3n) is 4.37. The van der Waals surface area contributed by atoms with Crippen molar-refractivity contribution in [2.45, 2.75) is 78.5 Å². The quantitative estimate of drug-likeness (QED) is 0.673. The van der Waals surface area contributed by atoms with E-state index in [9.17, 15) is 4.79 Å². The van der Waals surface area contributed by atoms with Crippen LogP contribution in [0.15, 0.2) is 0 Å². The fraction of sp³-hybridized carbons (Fsp3) is 0.938. The highest BCUT2D eigenvalue weighted by Crippen LogP contribution is 2.42. The molecule has 20 heavy (non-hydrogen) atoms. The Morgan fingerprint density at radius 1 is 1.45 bits per heavy atom. The molecule has 0 saturated heterocycles. The molecule has 1 aliphatic rings. The van der Waals surface area contributed by atoms with E-state index < -0.39 is 6.04 Å². The summed E-state index contributed by atoms with van der Waals surface area (Å²) in [7, 11) is 0. The summed E-state index contributed by atoms with van der Waals surface area (Å²) in [6, 6.07) is -0.217. The average molecular weight is 284 g/mol. The van der Waals surface area contributed by atoms with E-state index in [1.807, 2.05) is 0 Å². The van der Waals surface area contributed by atoms with Crippen molar-refractivity contribution < 1.29 is 9.53 Å². The van der Waals surface area contributed by atoms with E-state index in [1.165, 1.54) is 0 Å². The molecular formula is C16H32N2O2. The van der Waals surface area contributed by atoms with Crippen LogP contribution in [0.2, 0.25) is 0 Å². The molecular weight excluding hydrogens is 252 g/mol. The Morgan fingerprint density at radius 2 is 2.10 bits per heavy atom. The number of nitrogens with one attached hydrogen (secondary N) is 1. The van der Waals surface area contributed by atoms with E-state index >= 15 is 0 Å². The van der Waals surface area contributed by atoms with Crippen molar-refractivity contribution in [2.75, 3.05) is 6.61 Å². The van der Waals surface area contributed by atoms with Gasteiger partial charge in [0.15, 0.2) is 0 Å². The van der Waals surface area contributed by atoms with Crippen LogP contribution in [-0.2, 0) is 9.53 Å². The van der Waals surface area contributed by atoms with Crippen LogP contribution in [-0.4, -0.2) is 30.7 Å². The van der Waals surface area contributed by atoms with Crippen LogP contribution < -0.4 is 11.1 Å². The summed E-state index contributed by atoms with van der Waals surface area (Å²) in [5.41, 5.74) is 5.92. The summed E-state index contributed by atoms with van der Waals surface area (Å²) >= 11 is 0. The number of unbranched alkanes of at least 4 members (excludes halogenated alkanes) is 1. The number of nitrogens with two attached hydrogens (primary N) is 1. The average Bonchev–Trinajstić information content (AvgIpc) is 2.35. The second-order valence-corrected chi connectivity index (χ2v) is 7.07. The lowest BCUT2D eigenvalue weighted by Crippen LogP contribution is -2.63. The molecule has 0 aromatic rings. The Balaban J connectivity index is 2.37. The lowest BCUT2D eigenvalue weighted by Gasteiger charge is -2.52. The third-order valence-corrected chi connectivity index (χ3v) is 4.37. The summed E-state index contributed by atoms with van der Waals surface area (Å²) in [5.74, 6) is 0.416. The number of carbonyl (C=O) groups is 1. The first-order chi connectivity index (χ1) is 9.28. The molecule has 4 nitrogen and oxygen atoms in total. The molecule has 0 aromatic carbocycles. The van der Waals surface area contributed by atoms with Gasteiger partial charge in [-0.3, -0.25) is 4.79 Å². The highest BCUT2D eigenvalue weighted by Gasteiger charge is 2.49. The molecule has 118 valence electrons. The Hall–Kier alpha value is -0.610. The van der Waals surface area contributed by atoms with Gasteiger partial charge in [0.1, 0.15) is 0 Å². The maximum Gasteiger partial charge on any atom is 0.237 e. The molecule has 3 N–H and O–H groups in total. The molecule has 4 heteroatoms. The molecule has 1 fully saturated rings. The van der Waals surface area contributed by atoms with E-state index in [1.54, 1.807) is 0 Å². The Labute approximate surface area is 123 Å². The fourth-order valence-electron chi connectivity index (χ4n) is 2.68. The topological polar surface area (TPSA) is 64.3 Å². The highest BCUT2D eigenvalue weighted by molar-refractivity contribution is 5.82. The first-order valence-corrected chi connectivity index (χ1v) is 7.96. The first-order valence-electron chi connectivity index (χ1n) is 7.96. The van der Waals surface area contributed by atoms with Crippen molar-refractivity contribution >= 4 is 5.91 Å². The molecule has 2 unspecified atom stereocenters. The molecule has 1 aliphatic carbocycles. The number of carbonyl (C=O) groups excluding carboxylic acids is 1. The minimum atomic E-state index is -0.397. The number of hydrogen-bond donors (Lipinski definition) is 2. The normalized spacial score (nSPS) is 26.1. The summed E-state index contributed by atoms with van der Waals surface area (Å²) in [6.45, 7) is 11.5. The van der Waals surface area contributed by atoms with Crippen molar-refractivity contribution in [1.82, 2.24) is 5.32 Å². The van der Waals surface area contributed by atoms with Gasteiger partial charge in [0.2, 0.25) is 5.91 Å². The van der Waals surface area contributed by atoms with E-state index in [-0.39, 0.29) is 23.5 Å². The molecule has 3 atom stereocenters. The van der Waals surface area contributed by atoms with Crippen molar-refractivity contribution in [3.8, 4) is 0 Å². The van der Waals surface area contributed by atoms with Gasteiger partial charge in [-0.2, -0.15) is 0 Å². The second kappa shape index (κ2) is 7.41. The summed E-state index contributed by atoms with van der Waals surface area (Å²) in [5, 5.41) is 3.09. The minimum Gasteiger partial charge on any atom is -0.378 e. The largest absolute Gasteiger partial charge is 0.378 e. The zero-order valence-corrected chi connectivity index (χ0v) is 13.7. The van der Waals surface area contributed by atoms with Crippen molar-refractivity contribution in [2.24, 2.45) is 17.1 Å². The standard InChI is InChI=1S/C16H32N2O2/c1-6-7-8-20-14-10-13(16(14,4)5)18-15(19)12(17)9-11(2)3/h11-14H,6-10,17H2,1-5H3,(H,18,19)/t12-,13?,14?/m0/s1. The molecule has 0 heterocycles. The van der Waals surface area contributed by atoms with Gasteiger partial charge in [-0.1, -0.05) is 41.0 Å². The summed E-state index contributed by atoms with van der Waals surface area (Å²) in [6.07, 6.45) is 4.13. The van der Waals surface area contributed by atoms with Gasteiger partial charge >= 0.3 is 0 Å². The molecule has 0 aliphatic heterocycles. The van der Waals surface area contributed by atoms with Crippen LogP contribution in [0, 0.1) is 11.3 Å². The van der Waals surface area contributed by atoms with Crippen LogP contribution in [0.3, 0.4) is 0 Å². The number of rotatable bonds is 8. The van der Waals surface area contributed by atoms with Crippen molar-refractivity contribution in [3.05, 3.63) is 0 Å². The number of hydrogen-bond acceptors (Lipinski definition) is 3. The van der Waals surface area contributed by atoms with Gasteiger partial charge in [-0.05, 0) is 25.2 Å². The van der Waals surface area contributed by atoms with E-state index in [4.69, 9.17) is 10.5 Å². The molecule has 1 rings (SSSR count). The third kappa shape index (κ3) is 4.45. The van der Waals surface area contributed by atoms with Crippen LogP contribution in [0.1, 0.15) is 60.3 Å². The lowest BCUT2D eigenvalue weighted by atomic mass is 9.64. The van der Waals surface area contributed by atoms with Crippen LogP contribution in [0.5, 0.6) is 0 Å². The Kier molecular flexibility index (Phi) is 6.46. The van der Waals surface area contributed by atoms with Gasteiger partial charge in [-0.25, -0.2) is 0 Å². The SMILES string of the molecule is CCCCOC1CC(NC(=O)[C@@H](N)CC(C)C)C1(C)C. The maximum absolute atomic E-state index is 12.1. The zero-order valence-electron chi connectivity index (χ0n) is 13.7. The van der Waals surface area contributed by atoms with Gasteiger partial charge in [0.05, 0.1) is 12.1 Å². The minimum absolute atomic E-state index is 0.000945.